The second-order valence-corrected chi connectivity index (χ2v) is 7.61. The van der Waals surface area contributed by atoms with Crippen molar-refractivity contribution in [3.8, 4) is 22.6 Å². The van der Waals surface area contributed by atoms with Crippen molar-refractivity contribution in [1.29, 1.82) is 0 Å². The molecule has 0 saturated heterocycles. The Balaban J connectivity index is 1.47. The number of nitrogens with zero attached hydrogens (tertiary/aromatic N) is 5. The smallest absolute Gasteiger partial charge is 0.392 e. The predicted octanol–water partition coefficient (Wildman–Crippen LogP) is 3.91. The number of hydrogen-bond donors (Lipinski definition) is 1. The summed E-state index contributed by atoms with van der Waals surface area (Å²) in [5, 5.41) is 18.0. The van der Waals surface area contributed by atoms with Crippen molar-refractivity contribution >= 4 is 5.52 Å². The van der Waals surface area contributed by atoms with E-state index in [2.05, 4.69) is 15.2 Å². The molecule has 0 unspecified atom stereocenters. The lowest BCUT2D eigenvalue weighted by Gasteiger charge is -2.05. The molecule has 3 aromatic heterocycles. The van der Waals surface area contributed by atoms with Crippen LogP contribution in [-0.2, 0) is 19.3 Å². The van der Waals surface area contributed by atoms with Crippen LogP contribution in [0.25, 0.3) is 28.2 Å². The maximum Gasteiger partial charge on any atom is 0.416 e. The molecule has 0 radical (unpaired) electrons. The Morgan fingerprint density at radius 2 is 1.80 bits per heavy atom. The third-order valence-electron chi connectivity index (χ3n) is 5.36. The maximum atomic E-state index is 13.7. The van der Waals surface area contributed by atoms with Gasteiger partial charge in [-0.3, -0.25) is 4.79 Å². The van der Waals surface area contributed by atoms with Gasteiger partial charge in [0.15, 0.2) is 0 Å². The van der Waals surface area contributed by atoms with Gasteiger partial charge >= 0.3 is 6.18 Å². The Morgan fingerprint density at radius 1 is 1.03 bits per heavy atom. The number of aliphatic hydroxyl groups is 1. The van der Waals surface area contributed by atoms with Gasteiger partial charge in [-0.1, -0.05) is 29.4 Å². The molecule has 35 heavy (non-hydrogen) atoms. The average Bonchev–Trinajstić information content (AvgIpc) is 3.45. The highest BCUT2D eigenvalue weighted by Gasteiger charge is 2.30. The molecule has 8 nitrogen and oxygen atoms in total. The normalized spacial score (nSPS) is 11.9. The maximum absolute atomic E-state index is 13.7. The van der Waals surface area contributed by atoms with Gasteiger partial charge in [-0.15, -0.1) is 0 Å². The van der Waals surface area contributed by atoms with Crippen LogP contribution in [0, 0.1) is 5.82 Å². The van der Waals surface area contributed by atoms with Crippen molar-refractivity contribution in [3.63, 3.8) is 0 Å². The third-order valence-corrected chi connectivity index (χ3v) is 5.36. The van der Waals surface area contributed by atoms with E-state index in [1.54, 1.807) is 6.07 Å². The Hall–Kier alpha value is -4.32. The summed E-state index contributed by atoms with van der Waals surface area (Å²) < 4.78 is 59.7. The fourth-order valence-electron chi connectivity index (χ4n) is 3.68. The standard InChI is InChI=1S/C23H15F4N5O3/c24-16-3-1-2-14(10-16)19-17(12-33)20-22(34)31(8-9-32(20)29-19)11-18-28-21(30-35-18)13-4-6-15(7-5-13)23(25,26)27/h1-10,33H,11-12H2. The molecule has 0 fully saturated rings. The van der Waals surface area contributed by atoms with E-state index in [1.807, 2.05) is 0 Å². The van der Waals surface area contributed by atoms with E-state index in [0.29, 0.717) is 11.1 Å². The van der Waals surface area contributed by atoms with Crippen molar-refractivity contribution in [1.82, 2.24) is 24.3 Å². The van der Waals surface area contributed by atoms with E-state index in [4.69, 9.17) is 4.52 Å². The molecule has 0 aliphatic rings. The summed E-state index contributed by atoms with van der Waals surface area (Å²) >= 11 is 0. The second kappa shape index (κ2) is 8.47. The highest BCUT2D eigenvalue weighted by molar-refractivity contribution is 5.72. The Labute approximate surface area is 193 Å². The number of rotatable bonds is 5. The first-order valence-corrected chi connectivity index (χ1v) is 10.2. The predicted molar refractivity (Wildman–Crippen MR) is 115 cm³/mol. The van der Waals surface area contributed by atoms with E-state index in [-0.39, 0.29) is 35.0 Å². The molecule has 5 aromatic rings. The zero-order chi connectivity index (χ0) is 24.7. The molecule has 3 heterocycles. The minimum absolute atomic E-state index is 0.0433. The van der Waals surface area contributed by atoms with Crippen molar-refractivity contribution in [2.75, 3.05) is 0 Å². The number of aliphatic hydroxyl groups excluding tert-OH is 1. The molecule has 1 N–H and O–H groups in total. The Kier molecular flexibility index (Phi) is 5.44. The van der Waals surface area contributed by atoms with Crippen LogP contribution in [0.3, 0.4) is 0 Å². The van der Waals surface area contributed by atoms with Crippen LogP contribution < -0.4 is 5.56 Å². The monoisotopic (exact) mass is 485 g/mol. The van der Waals surface area contributed by atoms with Crippen LogP contribution in [0.1, 0.15) is 17.0 Å². The van der Waals surface area contributed by atoms with Gasteiger partial charge in [0, 0.05) is 29.1 Å². The summed E-state index contributed by atoms with van der Waals surface area (Å²) in [7, 11) is 0. The van der Waals surface area contributed by atoms with Gasteiger partial charge in [0.1, 0.15) is 17.9 Å². The summed E-state index contributed by atoms with van der Waals surface area (Å²) in [5.74, 6) is -0.375. The number of hydrogen-bond acceptors (Lipinski definition) is 6. The molecule has 0 aliphatic heterocycles. The van der Waals surface area contributed by atoms with Crippen LogP contribution in [0.5, 0.6) is 0 Å². The summed E-state index contributed by atoms with van der Waals surface area (Å²) in [5.41, 5.74) is -0.00789. The van der Waals surface area contributed by atoms with Gasteiger partial charge < -0.3 is 14.2 Å². The van der Waals surface area contributed by atoms with Gasteiger partial charge in [-0.05, 0) is 24.3 Å². The van der Waals surface area contributed by atoms with Crippen molar-refractivity contribution in [3.05, 3.63) is 94.1 Å². The Bertz CT molecular complexity index is 1590. The van der Waals surface area contributed by atoms with Crippen LogP contribution in [0.15, 0.2) is 70.2 Å². The summed E-state index contributed by atoms with van der Waals surface area (Å²) in [4.78, 5) is 17.3. The molecule has 0 atom stereocenters. The molecule has 0 aliphatic carbocycles. The molecule has 12 heteroatoms. The van der Waals surface area contributed by atoms with Gasteiger partial charge in [-0.25, -0.2) is 8.91 Å². The lowest BCUT2D eigenvalue weighted by Crippen LogP contribution is -2.22. The van der Waals surface area contributed by atoms with Crippen molar-refractivity contribution in [2.45, 2.75) is 19.3 Å². The highest BCUT2D eigenvalue weighted by Crippen LogP contribution is 2.30. The molecule has 0 amide bonds. The number of fused-ring (bicyclic) bond motifs is 1. The average molecular weight is 485 g/mol. The van der Waals surface area contributed by atoms with Gasteiger partial charge in [0.2, 0.25) is 11.7 Å². The summed E-state index contributed by atoms with van der Waals surface area (Å²) in [6, 6.07) is 9.91. The molecular formula is C23H15F4N5O3. The van der Waals surface area contributed by atoms with E-state index >= 15 is 0 Å². The highest BCUT2D eigenvalue weighted by atomic mass is 19.4. The topological polar surface area (TPSA) is 98.4 Å². The quantitative estimate of drug-likeness (QED) is 0.379. The lowest BCUT2D eigenvalue weighted by molar-refractivity contribution is -0.137. The van der Waals surface area contributed by atoms with Crippen LogP contribution in [0.4, 0.5) is 17.6 Å². The van der Waals surface area contributed by atoms with Crippen LogP contribution in [0.2, 0.25) is 0 Å². The number of alkyl halides is 3. The number of aromatic nitrogens is 5. The molecule has 0 bridgehead atoms. The van der Waals surface area contributed by atoms with Crippen molar-refractivity contribution < 1.29 is 27.2 Å². The molecule has 5 rings (SSSR count). The first-order chi connectivity index (χ1) is 16.7. The second-order valence-electron chi connectivity index (χ2n) is 7.61. The molecular weight excluding hydrogens is 470 g/mol. The SMILES string of the molecule is O=c1c2c(CO)c(-c3cccc(F)c3)nn2ccn1Cc1nc(-c2ccc(C(F)(F)F)cc2)no1. The van der Waals surface area contributed by atoms with E-state index in [0.717, 1.165) is 12.1 Å². The number of benzene rings is 2. The van der Waals surface area contributed by atoms with Crippen molar-refractivity contribution in [2.24, 2.45) is 0 Å². The lowest BCUT2D eigenvalue weighted by atomic mass is 10.1. The molecule has 178 valence electrons. The van der Waals surface area contributed by atoms with E-state index < -0.39 is 29.7 Å². The van der Waals surface area contributed by atoms with E-state index in [9.17, 15) is 27.5 Å². The van der Waals surface area contributed by atoms with Gasteiger partial charge in [0.05, 0.1) is 17.9 Å². The van der Waals surface area contributed by atoms with Crippen LogP contribution in [-0.4, -0.2) is 29.4 Å². The largest absolute Gasteiger partial charge is 0.416 e. The van der Waals surface area contributed by atoms with Crippen LogP contribution >= 0.6 is 0 Å². The first kappa shape index (κ1) is 22.5. The summed E-state index contributed by atoms with van der Waals surface area (Å²) in [6.07, 6.45) is -1.54. The Morgan fingerprint density at radius 3 is 2.49 bits per heavy atom. The number of halogens is 4. The molecule has 2 aromatic carbocycles. The fraction of sp³-hybridized carbons (Fsp3) is 0.130. The van der Waals surface area contributed by atoms with Gasteiger partial charge in [-0.2, -0.15) is 23.3 Å². The molecule has 0 saturated carbocycles. The fourth-order valence-corrected chi connectivity index (χ4v) is 3.68. The first-order valence-electron chi connectivity index (χ1n) is 10.2. The minimum atomic E-state index is -4.46. The molecule has 0 spiro atoms. The zero-order valence-electron chi connectivity index (χ0n) is 17.7. The minimum Gasteiger partial charge on any atom is -0.392 e. The zero-order valence-corrected chi connectivity index (χ0v) is 17.7. The van der Waals surface area contributed by atoms with E-state index in [1.165, 1.54) is 51.8 Å². The third kappa shape index (κ3) is 4.19. The van der Waals surface area contributed by atoms with Gasteiger partial charge in [0.25, 0.3) is 5.56 Å². The summed E-state index contributed by atoms with van der Waals surface area (Å²) in [6.45, 7) is -0.637.